The summed E-state index contributed by atoms with van der Waals surface area (Å²) >= 11 is 1.32. The van der Waals surface area contributed by atoms with Crippen molar-refractivity contribution < 1.29 is 14.1 Å². The third kappa shape index (κ3) is 2.19. The van der Waals surface area contributed by atoms with Gasteiger partial charge in [-0.05, 0) is 11.4 Å². The van der Waals surface area contributed by atoms with Crippen LogP contribution in [0, 0.1) is 0 Å². The number of benzene rings is 1. The lowest BCUT2D eigenvalue weighted by atomic mass is 10.0. The van der Waals surface area contributed by atoms with E-state index < -0.39 is 0 Å². The van der Waals surface area contributed by atoms with Crippen molar-refractivity contribution in [1.82, 2.24) is 5.16 Å². The van der Waals surface area contributed by atoms with Crippen molar-refractivity contribution in [3.05, 3.63) is 75.8 Å². The van der Waals surface area contributed by atoms with Gasteiger partial charge in [0.25, 0.3) is 0 Å². The van der Waals surface area contributed by atoms with E-state index >= 15 is 0 Å². The van der Waals surface area contributed by atoms with Gasteiger partial charge in [-0.25, -0.2) is 0 Å². The fraction of sp³-hybridized carbons (Fsp3) is 0. The van der Waals surface area contributed by atoms with Crippen LogP contribution >= 0.6 is 11.3 Å². The largest absolute Gasteiger partial charge is 0.363 e. The molecule has 0 radical (unpaired) electrons. The summed E-state index contributed by atoms with van der Waals surface area (Å²) in [6, 6.07) is 12.2. The van der Waals surface area contributed by atoms with Crippen molar-refractivity contribution in [3.63, 3.8) is 0 Å². The van der Waals surface area contributed by atoms with E-state index in [2.05, 4.69) is 5.16 Å². The molecule has 0 fully saturated rings. The lowest BCUT2D eigenvalue weighted by Gasteiger charge is -1.99. The SMILES string of the molecule is O=C(c1cccs1)c1conc1C(=O)c1ccccc1. The normalized spacial score (nSPS) is 10.4. The summed E-state index contributed by atoms with van der Waals surface area (Å²) in [5.74, 6) is -0.570. The minimum atomic E-state index is -0.320. The Balaban J connectivity index is 1.99. The molecule has 0 saturated carbocycles. The zero-order valence-electron chi connectivity index (χ0n) is 10.3. The maximum atomic E-state index is 12.3. The van der Waals surface area contributed by atoms with Crippen LogP contribution in [0.2, 0.25) is 0 Å². The number of thiophene rings is 1. The first kappa shape index (κ1) is 12.5. The van der Waals surface area contributed by atoms with Crippen LogP contribution in [0.3, 0.4) is 0 Å². The summed E-state index contributed by atoms with van der Waals surface area (Å²) < 4.78 is 4.82. The van der Waals surface area contributed by atoms with Gasteiger partial charge in [-0.1, -0.05) is 41.6 Å². The van der Waals surface area contributed by atoms with E-state index in [9.17, 15) is 9.59 Å². The molecular weight excluding hydrogens is 274 g/mol. The molecule has 3 rings (SSSR count). The van der Waals surface area contributed by atoms with E-state index in [1.807, 2.05) is 6.07 Å². The second kappa shape index (κ2) is 5.22. The molecule has 1 aromatic carbocycles. The second-order valence-electron chi connectivity index (χ2n) is 4.08. The van der Waals surface area contributed by atoms with Crippen LogP contribution < -0.4 is 0 Å². The first-order chi connectivity index (χ1) is 9.77. The van der Waals surface area contributed by atoms with Gasteiger partial charge in [-0.2, -0.15) is 0 Å². The molecule has 98 valence electrons. The standard InChI is InChI=1S/C15H9NO3S/c17-14(10-5-2-1-3-6-10)13-11(9-19-16-13)15(18)12-7-4-8-20-12/h1-9H. The Labute approximate surface area is 118 Å². The third-order valence-corrected chi connectivity index (χ3v) is 3.68. The molecule has 0 N–H and O–H groups in total. The van der Waals surface area contributed by atoms with E-state index in [0.29, 0.717) is 10.4 Å². The lowest BCUT2D eigenvalue weighted by molar-refractivity contribution is 0.100. The van der Waals surface area contributed by atoms with Crippen molar-refractivity contribution in [3.8, 4) is 0 Å². The van der Waals surface area contributed by atoms with Crippen LogP contribution in [0.15, 0.2) is 58.6 Å². The maximum absolute atomic E-state index is 12.3. The average Bonchev–Trinajstić information content (AvgIpc) is 3.18. The zero-order chi connectivity index (χ0) is 13.9. The number of carbonyl (C=O) groups is 2. The monoisotopic (exact) mass is 283 g/mol. The van der Waals surface area contributed by atoms with E-state index in [4.69, 9.17) is 4.52 Å². The molecule has 2 heterocycles. The quantitative estimate of drug-likeness (QED) is 0.690. The van der Waals surface area contributed by atoms with Gasteiger partial charge in [0.1, 0.15) is 6.26 Å². The van der Waals surface area contributed by atoms with Crippen molar-refractivity contribution in [1.29, 1.82) is 0 Å². The topological polar surface area (TPSA) is 60.2 Å². The van der Waals surface area contributed by atoms with Gasteiger partial charge in [-0.15, -0.1) is 11.3 Å². The van der Waals surface area contributed by atoms with Crippen molar-refractivity contribution in [2.75, 3.05) is 0 Å². The second-order valence-corrected chi connectivity index (χ2v) is 5.03. The van der Waals surface area contributed by atoms with Crippen LogP contribution in [0.5, 0.6) is 0 Å². The predicted molar refractivity (Wildman–Crippen MR) is 74.1 cm³/mol. The van der Waals surface area contributed by atoms with Gasteiger partial charge < -0.3 is 4.52 Å². The average molecular weight is 283 g/mol. The molecule has 0 saturated heterocycles. The summed E-state index contributed by atoms with van der Waals surface area (Å²) in [5, 5.41) is 5.49. The highest BCUT2D eigenvalue weighted by Crippen LogP contribution is 2.19. The van der Waals surface area contributed by atoms with E-state index in [1.54, 1.807) is 41.8 Å². The number of hydrogen-bond donors (Lipinski definition) is 0. The first-order valence-electron chi connectivity index (χ1n) is 5.89. The van der Waals surface area contributed by atoms with Gasteiger partial charge >= 0.3 is 0 Å². The summed E-state index contributed by atoms with van der Waals surface area (Å²) in [5.41, 5.74) is 0.720. The van der Waals surface area contributed by atoms with Gasteiger partial charge in [-0.3, -0.25) is 9.59 Å². The van der Waals surface area contributed by atoms with Crippen molar-refractivity contribution in [2.24, 2.45) is 0 Å². The summed E-state index contributed by atoms with van der Waals surface area (Å²) in [6.45, 7) is 0. The molecule has 5 heteroatoms. The summed E-state index contributed by atoms with van der Waals surface area (Å²) in [6.07, 6.45) is 1.22. The Bertz CT molecular complexity index is 745. The molecule has 0 amide bonds. The fourth-order valence-electron chi connectivity index (χ4n) is 1.83. The van der Waals surface area contributed by atoms with Crippen LogP contribution in [-0.4, -0.2) is 16.7 Å². The molecule has 2 aromatic heterocycles. The molecule has 0 unspecified atom stereocenters. The Hall–Kier alpha value is -2.53. The van der Waals surface area contributed by atoms with Crippen LogP contribution in [-0.2, 0) is 0 Å². The number of carbonyl (C=O) groups excluding carboxylic acids is 2. The van der Waals surface area contributed by atoms with Crippen molar-refractivity contribution in [2.45, 2.75) is 0 Å². The summed E-state index contributed by atoms with van der Waals surface area (Å²) in [4.78, 5) is 25.2. The van der Waals surface area contributed by atoms with Crippen molar-refractivity contribution >= 4 is 22.9 Å². The Morgan fingerprint density at radius 2 is 1.80 bits per heavy atom. The molecule has 20 heavy (non-hydrogen) atoms. The molecule has 3 aromatic rings. The van der Waals surface area contributed by atoms with E-state index in [-0.39, 0.29) is 22.8 Å². The van der Waals surface area contributed by atoms with Gasteiger partial charge in [0.05, 0.1) is 10.4 Å². The maximum Gasteiger partial charge on any atom is 0.215 e. The molecular formula is C15H9NO3S. The van der Waals surface area contributed by atoms with E-state index in [1.165, 1.54) is 17.6 Å². The number of ketones is 2. The zero-order valence-corrected chi connectivity index (χ0v) is 11.1. The molecule has 0 aliphatic heterocycles. The third-order valence-electron chi connectivity index (χ3n) is 2.81. The molecule has 0 spiro atoms. The van der Waals surface area contributed by atoms with E-state index in [0.717, 1.165) is 0 Å². The minimum absolute atomic E-state index is 0.0506. The Kier molecular flexibility index (Phi) is 3.26. The fourth-order valence-corrected chi connectivity index (χ4v) is 2.51. The Morgan fingerprint density at radius 3 is 2.50 bits per heavy atom. The number of hydrogen-bond acceptors (Lipinski definition) is 5. The van der Waals surface area contributed by atoms with Crippen LogP contribution in [0.4, 0.5) is 0 Å². The molecule has 0 aliphatic carbocycles. The smallest absolute Gasteiger partial charge is 0.215 e. The number of rotatable bonds is 4. The van der Waals surface area contributed by atoms with Gasteiger partial charge in [0, 0.05) is 5.56 Å². The predicted octanol–water partition coefficient (Wildman–Crippen LogP) is 3.20. The minimum Gasteiger partial charge on any atom is -0.363 e. The molecule has 4 nitrogen and oxygen atoms in total. The molecule has 0 bridgehead atoms. The number of aromatic nitrogens is 1. The van der Waals surface area contributed by atoms with Gasteiger partial charge in [0.15, 0.2) is 5.69 Å². The van der Waals surface area contributed by atoms with Gasteiger partial charge in [0.2, 0.25) is 11.6 Å². The van der Waals surface area contributed by atoms with Crippen LogP contribution in [0.1, 0.15) is 31.3 Å². The Morgan fingerprint density at radius 1 is 1.00 bits per heavy atom. The van der Waals surface area contributed by atoms with Crippen LogP contribution in [0.25, 0.3) is 0 Å². The summed E-state index contributed by atoms with van der Waals surface area (Å²) in [7, 11) is 0. The highest BCUT2D eigenvalue weighted by atomic mass is 32.1. The lowest BCUT2D eigenvalue weighted by Crippen LogP contribution is -2.09. The highest BCUT2D eigenvalue weighted by Gasteiger charge is 2.24. The first-order valence-corrected chi connectivity index (χ1v) is 6.77. The number of nitrogens with zero attached hydrogens (tertiary/aromatic N) is 1. The molecule has 0 aliphatic rings. The molecule has 0 atom stereocenters. The highest BCUT2D eigenvalue weighted by molar-refractivity contribution is 7.12.